The van der Waals surface area contributed by atoms with Crippen molar-refractivity contribution in [2.24, 2.45) is 0 Å². The van der Waals surface area contributed by atoms with E-state index in [-0.39, 0.29) is 23.3 Å². The number of aryl methyl sites for hydroxylation is 2. The van der Waals surface area contributed by atoms with E-state index in [4.69, 9.17) is 4.74 Å². The second-order valence-corrected chi connectivity index (χ2v) is 10.3. The molecule has 0 spiro atoms. The monoisotopic (exact) mass is 464 g/mol. The molecule has 0 fully saturated rings. The minimum absolute atomic E-state index is 0.0994. The molecular formula is C26H28N2O4S. The summed E-state index contributed by atoms with van der Waals surface area (Å²) < 4.78 is 34.3. The molecule has 1 heterocycles. The molecule has 0 unspecified atom stereocenters. The zero-order valence-corrected chi connectivity index (χ0v) is 19.8. The Bertz CT molecular complexity index is 1240. The van der Waals surface area contributed by atoms with Crippen molar-refractivity contribution in [3.63, 3.8) is 0 Å². The van der Waals surface area contributed by atoms with Crippen LogP contribution in [0.4, 0.5) is 5.69 Å². The van der Waals surface area contributed by atoms with Crippen molar-refractivity contribution in [3.8, 4) is 5.75 Å². The maximum absolute atomic E-state index is 13.5. The molecule has 33 heavy (non-hydrogen) atoms. The lowest BCUT2D eigenvalue weighted by Crippen LogP contribution is -2.51. The molecule has 0 saturated heterocycles. The van der Waals surface area contributed by atoms with Gasteiger partial charge < -0.3 is 10.1 Å². The van der Waals surface area contributed by atoms with Crippen molar-refractivity contribution in [1.29, 1.82) is 0 Å². The third-order valence-electron chi connectivity index (χ3n) is 5.84. The van der Waals surface area contributed by atoms with E-state index in [9.17, 15) is 13.2 Å². The molecule has 3 aromatic carbocycles. The first-order valence-corrected chi connectivity index (χ1v) is 12.4. The Morgan fingerprint density at radius 2 is 1.70 bits per heavy atom. The average molecular weight is 465 g/mol. The van der Waals surface area contributed by atoms with Crippen LogP contribution in [0.25, 0.3) is 0 Å². The van der Waals surface area contributed by atoms with E-state index < -0.39 is 16.1 Å². The van der Waals surface area contributed by atoms with E-state index >= 15 is 0 Å². The highest BCUT2D eigenvalue weighted by molar-refractivity contribution is 7.92. The van der Waals surface area contributed by atoms with Gasteiger partial charge in [-0.05, 0) is 55.2 Å². The van der Waals surface area contributed by atoms with Crippen LogP contribution >= 0.6 is 0 Å². The van der Waals surface area contributed by atoms with Gasteiger partial charge in [-0.1, -0.05) is 61.0 Å². The van der Waals surface area contributed by atoms with Crippen molar-refractivity contribution >= 4 is 21.6 Å². The van der Waals surface area contributed by atoms with Crippen LogP contribution in [-0.2, 0) is 14.8 Å². The van der Waals surface area contributed by atoms with Crippen LogP contribution in [0.1, 0.15) is 29.5 Å². The molecule has 7 heteroatoms. The molecule has 3 aromatic rings. The molecule has 1 amide bonds. The summed E-state index contributed by atoms with van der Waals surface area (Å²) >= 11 is 0. The fourth-order valence-corrected chi connectivity index (χ4v) is 5.31. The molecule has 6 nitrogen and oxygen atoms in total. The van der Waals surface area contributed by atoms with E-state index in [0.29, 0.717) is 18.0 Å². The third-order valence-corrected chi connectivity index (χ3v) is 7.63. The lowest BCUT2D eigenvalue weighted by Gasteiger charge is -2.35. The number of amides is 1. The molecule has 0 bridgehead atoms. The SMILES string of the molecule is Cc1ccc(S(=O)(=O)N2C[C@H](C(=O)NC[C@@H](C)c3ccccc3)Oc3cc(C)ccc32)cc1. The van der Waals surface area contributed by atoms with Gasteiger partial charge >= 0.3 is 0 Å². The molecule has 0 aliphatic carbocycles. The van der Waals surface area contributed by atoms with E-state index in [1.807, 2.05) is 57.2 Å². The van der Waals surface area contributed by atoms with Crippen LogP contribution in [0, 0.1) is 13.8 Å². The Hall–Kier alpha value is -3.32. The summed E-state index contributed by atoms with van der Waals surface area (Å²) in [6.45, 7) is 6.16. The molecule has 0 aromatic heterocycles. The minimum Gasteiger partial charge on any atom is -0.476 e. The number of fused-ring (bicyclic) bond motifs is 1. The van der Waals surface area contributed by atoms with Gasteiger partial charge in [-0.15, -0.1) is 0 Å². The van der Waals surface area contributed by atoms with E-state index in [0.717, 1.165) is 16.7 Å². The highest BCUT2D eigenvalue weighted by atomic mass is 32.2. The van der Waals surface area contributed by atoms with Crippen molar-refractivity contribution in [2.45, 2.75) is 37.7 Å². The second-order valence-electron chi connectivity index (χ2n) is 8.48. The standard InChI is InChI=1S/C26H28N2O4S/c1-18-9-12-22(13-10-18)33(30,31)28-17-25(32-24-15-19(2)11-14-23(24)28)26(29)27-16-20(3)21-7-5-4-6-8-21/h4-15,20,25H,16-17H2,1-3H3,(H,27,29)/t20-,25-/m1/s1. The number of rotatable bonds is 6. The summed E-state index contributed by atoms with van der Waals surface area (Å²) in [5.74, 6) is 0.155. The van der Waals surface area contributed by atoms with E-state index in [1.54, 1.807) is 36.4 Å². The summed E-state index contributed by atoms with van der Waals surface area (Å²) in [4.78, 5) is 13.2. The van der Waals surface area contributed by atoms with Gasteiger partial charge in [-0.3, -0.25) is 9.10 Å². The van der Waals surface area contributed by atoms with Gasteiger partial charge in [0, 0.05) is 6.54 Å². The number of sulfonamides is 1. The number of hydrogen-bond donors (Lipinski definition) is 1. The summed E-state index contributed by atoms with van der Waals surface area (Å²) in [6.07, 6.45) is -0.956. The van der Waals surface area contributed by atoms with E-state index in [2.05, 4.69) is 5.32 Å². The van der Waals surface area contributed by atoms with Gasteiger partial charge in [-0.25, -0.2) is 8.42 Å². The van der Waals surface area contributed by atoms with Gasteiger partial charge in [-0.2, -0.15) is 0 Å². The molecule has 0 saturated carbocycles. The molecule has 1 aliphatic rings. The summed E-state index contributed by atoms with van der Waals surface area (Å²) in [5.41, 5.74) is 3.44. The van der Waals surface area contributed by atoms with Gasteiger partial charge in [0.1, 0.15) is 5.75 Å². The van der Waals surface area contributed by atoms with Crippen molar-refractivity contribution < 1.29 is 17.9 Å². The molecule has 1 N–H and O–H groups in total. The highest BCUT2D eigenvalue weighted by Crippen LogP contribution is 2.37. The molecule has 2 atom stereocenters. The Morgan fingerprint density at radius 3 is 2.39 bits per heavy atom. The van der Waals surface area contributed by atoms with Crippen LogP contribution in [0.15, 0.2) is 77.7 Å². The Labute approximate surface area is 195 Å². The molecular weight excluding hydrogens is 436 g/mol. The smallest absolute Gasteiger partial charge is 0.264 e. The zero-order valence-electron chi connectivity index (χ0n) is 19.0. The van der Waals surface area contributed by atoms with Gasteiger partial charge in [0.25, 0.3) is 15.9 Å². The fraction of sp³-hybridized carbons (Fsp3) is 0.269. The lowest BCUT2D eigenvalue weighted by atomic mass is 10.0. The first kappa shape index (κ1) is 22.9. The number of nitrogens with one attached hydrogen (secondary N) is 1. The largest absolute Gasteiger partial charge is 0.476 e. The first-order chi connectivity index (χ1) is 15.8. The molecule has 0 radical (unpaired) electrons. The van der Waals surface area contributed by atoms with Gasteiger partial charge in [0.15, 0.2) is 6.10 Å². The number of anilines is 1. The van der Waals surface area contributed by atoms with Crippen molar-refractivity contribution in [3.05, 3.63) is 89.5 Å². The number of carbonyl (C=O) groups excluding carboxylic acids is 1. The van der Waals surface area contributed by atoms with E-state index in [1.165, 1.54) is 4.31 Å². The van der Waals surface area contributed by atoms with Crippen LogP contribution in [0.2, 0.25) is 0 Å². The van der Waals surface area contributed by atoms with Crippen LogP contribution < -0.4 is 14.4 Å². The number of carbonyl (C=O) groups is 1. The quantitative estimate of drug-likeness (QED) is 0.594. The second kappa shape index (κ2) is 9.27. The minimum atomic E-state index is -3.87. The van der Waals surface area contributed by atoms with Crippen LogP contribution in [-0.4, -0.2) is 33.5 Å². The average Bonchev–Trinajstić information content (AvgIpc) is 2.82. The maximum atomic E-state index is 13.5. The molecule has 1 aliphatic heterocycles. The Morgan fingerprint density at radius 1 is 1.03 bits per heavy atom. The summed E-state index contributed by atoms with van der Waals surface area (Å²) in [6, 6.07) is 21.9. The van der Waals surface area contributed by atoms with Gasteiger partial charge in [0.05, 0.1) is 17.1 Å². The normalized spacial score (nSPS) is 16.5. The third kappa shape index (κ3) is 4.88. The topological polar surface area (TPSA) is 75.7 Å². The number of ether oxygens (including phenoxy) is 1. The molecule has 4 rings (SSSR count). The predicted octanol–water partition coefficient (Wildman–Crippen LogP) is 4.18. The van der Waals surface area contributed by atoms with Crippen LogP contribution in [0.5, 0.6) is 5.75 Å². The maximum Gasteiger partial charge on any atom is 0.264 e. The van der Waals surface area contributed by atoms with Gasteiger partial charge in [0.2, 0.25) is 0 Å². The highest BCUT2D eigenvalue weighted by Gasteiger charge is 2.37. The number of benzene rings is 3. The summed E-state index contributed by atoms with van der Waals surface area (Å²) in [5, 5.41) is 2.93. The van der Waals surface area contributed by atoms with Crippen LogP contribution in [0.3, 0.4) is 0 Å². The fourth-order valence-electron chi connectivity index (χ4n) is 3.83. The predicted molar refractivity (Wildman–Crippen MR) is 129 cm³/mol. The zero-order chi connectivity index (χ0) is 23.6. The number of hydrogen-bond acceptors (Lipinski definition) is 4. The Kier molecular flexibility index (Phi) is 6.42. The summed E-state index contributed by atoms with van der Waals surface area (Å²) in [7, 11) is -3.87. The van der Waals surface area contributed by atoms with Crippen molar-refractivity contribution in [2.75, 3.05) is 17.4 Å². The first-order valence-electron chi connectivity index (χ1n) is 10.9. The lowest BCUT2D eigenvalue weighted by molar-refractivity contribution is -0.127. The number of nitrogens with zero attached hydrogens (tertiary/aromatic N) is 1. The Balaban J connectivity index is 1.58. The van der Waals surface area contributed by atoms with Crippen molar-refractivity contribution in [1.82, 2.24) is 5.32 Å². The molecule has 172 valence electrons.